The summed E-state index contributed by atoms with van der Waals surface area (Å²) in [6.45, 7) is 7.46. The van der Waals surface area contributed by atoms with E-state index in [1.807, 2.05) is 20.8 Å². The van der Waals surface area contributed by atoms with Crippen LogP contribution in [0.4, 0.5) is 5.69 Å². The van der Waals surface area contributed by atoms with E-state index in [9.17, 15) is 18.0 Å². The molecule has 2 amide bonds. The zero-order valence-electron chi connectivity index (χ0n) is 22.4. The van der Waals surface area contributed by atoms with Crippen molar-refractivity contribution >= 4 is 50.7 Å². The molecule has 10 heteroatoms. The van der Waals surface area contributed by atoms with Crippen molar-refractivity contribution in [3.05, 3.63) is 94.0 Å². The lowest BCUT2D eigenvalue weighted by atomic mass is 10.1. The highest BCUT2D eigenvalue weighted by molar-refractivity contribution is 7.92. The van der Waals surface area contributed by atoms with Gasteiger partial charge in [-0.1, -0.05) is 66.9 Å². The molecule has 0 saturated heterocycles. The average Bonchev–Trinajstić information content (AvgIpc) is 2.89. The first kappa shape index (κ1) is 30.5. The molecule has 0 heterocycles. The van der Waals surface area contributed by atoms with Crippen LogP contribution in [0.2, 0.25) is 10.0 Å². The summed E-state index contributed by atoms with van der Waals surface area (Å²) in [5, 5.41) is 3.74. The van der Waals surface area contributed by atoms with Crippen molar-refractivity contribution in [3.8, 4) is 0 Å². The molecule has 0 unspecified atom stereocenters. The Balaban J connectivity index is 2.01. The van der Waals surface area contributed by atoms with Crippen LogP contribution in [0.25, 0.3) is 0 Å². The number of halogens is 2. The lowest BCUT2D eigenvalue weighted by molar-refractivity contribution is -0.139. The van der Waals surface area contributed by atoms with Gasteiger partial charge in [0.05, 0.1) is 10.6 Å². The lowest BCUT2D eigenvalue weighted by Crippen LogP contribution is -2.51. The Bertz CT molecular complexity index is 1390. The standard InChI is InChI=1S/C29H33Cl2N3O4S/c1-20(2)17-32-29(36)22(4)33(18-23-6-5-7-25(31)16-23)28(35)19-34(26-12-8-21(3)9-13-26)39(37,38)27-14-10-24(30)11-15-27/h5-16,20,22H,17-19H2,1-4H3,(H,32,36)/t22-/m1/s1. The van der Waals surface area contributed by atoms with Crippen LogP contribution in [0.15, 0.2) is 77.7 Å². The first-order valence-electron chi connectivity index (χ1n) is 12.5. The second-order valence-electron chi connectivity index (χ2n) is 9.77. The highest BCUT2D eigenvalue weighted by Crippen LogP contribution is 2.26. The summed E-state index contributed by atoms with van der Waals surface area (Å²) in [7, 11) is -4.15. The van der Waals surface area contributed by atoms with Crippen LogP contribution in [-0.2, 0) is 26.2 Å². The Labute approximate surface area is 240 Å². The predicted molar refractivity (Wildman–Crippen MR) is 156 cm³/mol. The van der Waals surface area contributed by atoms with Crippen molar-refractivity contribution in [2.75, 3.05) is 17.4 Å². The van der Waals surface area contributed by atoms with E-state index in [-0.39, 0.29) is 23.3 Å². The molecule has 0 spiro atoms. The molecule has 7 nitrogen and oxygen atoms in total. The van der Waals surface area contributed by atoms with Gasteiger partial charge >= 0.3 is 0 Å². The van der Waals surface area contributed by atoms with Crippen LogP contribution in [0.1, 0.15) is 31.9 Å². The van der Waals surface area contributed by atoms with E-state index >= 15 is 0 Å². The van der Waals surface area contributed by atoms with E-state index in [4.69, 9.17) is 23.2 Å². The first-order chi connectivity index (χ1) is 18.4. The van der Waals surface area contributed by atoms with E-state index in [1.165, 1.54) is 29.2 Å². The van der Waals surface area contributed by atoms with Gasteiger partial charge in [-0.25, -0.2) is 8.42 Å². The van der Waals surface area contributed by atoms with Crippen LogP contribution in [0.5, 0.6) is 0 Å². The fourth-order valence-corrected chi connectivity index (χ4v) is 5.59. The van der Waals surface area contributed by atoms with E-state index < -0.39 is 28.5 Å². The normalized spacial score (nSPS) is 12.2. The fourth-order valence-electron chi connectivity index (χ4n) is 3.84. The van der Waals surface area contributed by atoms with Gasteiger partial charge in [-0.05, 0) is 73.9 Å². The van der Waals surface area contributed by atoms with Gasteiger partial charge in [0.1, 0.15) is 12.6 Å². The first-order valence-corrected chi connectivity index (χ1v) is 14.7. The van der Waals surface area contributed by atoms with Crippen molar-refractivity contribution in [2.45, 2.75) is 45.2 Å². The maximum Gasteiger partial charge on any atom is 0.264 e. The number of rotatable bonds is 11. The number of hydrogen-bond donors (Lipinski definition) is 1. The molecule has 0 saturated carbocycles. The highest BCUT2D eigenvalue weighted by Gasteiger charge is 2.32. The number of carbonyl (C=O) groups excluding carboxylic acids is 2. The molecule has 1 N–H and O–H groups in total. The van der Waals surface area contributed by atoms with Crippen LogP contribution in [0, 0.1) is 12.8 Å². The molecule has 0 aliphatic rings. The third-order valence-corrected chi connectivity index (χ3v) is 8.37. The third kappa shape index (κ3) is 8.21. The van der Waals surface area contributed by atoms with Crippen molar-refractivity contribution in [3.63, 3.8) is 0 Å². The number of nitrogens with one attached hydrogen (secondary N) is 1. The summed E-state index contributed by atoms with van der Waals surface area (Å²) in [5.74, 6) is -0.651. The molecule has 3 rings (SSSR count). The molecule has 3 aromatic rings. The Kier molecular flexibility index (Phi) is 10.4. The number of anilines is 1. The van der Waals surface area contributed by atoms with Gasteiger partial charge in [0.2, 0.25) is 11.8 Å². The fraction of sp³-hybridized carbons (Fsp3) is 0.310. The largest absolute Gasteiger partial charge is 0.354 e. The molecule has 208 valence electrons. The summed E-state index contributed by atoms with van der Waals surface area (Å²) in [6, 6.07) is 18.7. The second kappa shape index (κ2) is 13.3. The van der Waals surface area contributed by atoms with Crippen LogP contribution in [0.3, 0.4) is 0 Å². The zero-order chi connectivity index (χ0) is 28.7. The Morgan fingerprint density at radius 3 is 2.13 bits per heavy atom. The number of carbonyl (C=O) groups is 2. The summed E-state index contributed by atoms with van der Waals surface area (Å²) in [5.41, 5.74) is 1.97. The average molecular weight is 591 g/mol. The number of aryl methyl sites for hydroxylation is 1. The van der Waals surface area contributed by atoms with E-state index in [2.05, 4.69) is 5.32 Å². The van der Waals surface area contributed by atoms with Crippen molar-refractivity contribution < 1.29 is 18.0 Å². The minimum Gasteiger partial charge on any atom is -0.354 e. The van der Waals surface area contributed by atoms with Gasteiger partial charge in [-0.2, -0.15) is 0 Å². The van der Waals surface area contributed by atoms with Gasteiger partial charge in [-0.3, -0.25) is 13.9 Å². The zero-order valence-corrected chi connectivity index (χ0v) is 24.7. The SMILES string of the molecule is Cc1ccc(N(CC(=O)N(Cc2cccc(Cl)c2)[C@H](C)C(=O)NCC(C)C)S(=O)(=O)c2ccc(Cl)cc2)cc1. The molecule has 39 heavy (non-hydrogen) atoms. The molecule has 0 aromatic heterocycles. The highest BCUT2D eigenvalue weighted by atomic mass is 35.5. The van der Waals surface area contributed by atoms with Crippen LogP contribution in [-0.4, -0.2) is 44.3 Å². The van der Waals surface area contributed by atoms with Crippen molar-refractivity contribution in [2.24, 2.45) is 5.92 Å². The van der Waals surface area contributed by atoms with Crippen molar-refractivity contribution in [1.29, 1.82) is 0 Å². The van der Waals surface area contributed by atoms with Gasteiger partial charge < -0.3 is 10.2 Å². The molecule has 0 aliphatic carbocycles. The maximum atomic E-state index is 13.9. The molecule has 0 fully saturated rings. The number of sulfonamides is 1. The quantitative estimate of drug-likeness (QED) is 0.311. The molecular formula is C29H33Cl2N3O4S. The number of amides is 2. The Morgan fingerprint density at radius 2 is 1.54 bits per heavy atom. The summed E-state index contributed by atoms with van der Waals surface area (Å²) >= 11 is 12.2. The van der Waals surface area contributed by atoms with Gasteiger partial charge in [0.15, 0.2) is 0 Å². The monoisotopic (exact) mass is 589 g/mol. The second-order valence-corrected chi connectivity index (χ2v) is 12.5. The van der Waals surface area contributed by atoms with E-state index in [0.29, 0.717) is 27.8 Å². The summed E-state index contributed by atoms with van der Waals surface area (Å²) in [6.07, 6.45) is 0. The number of nitrogens with zero attached hydrogens (tertiary/aromatic N) is 2. The molecule has 0 bridgehead atoms. The topological polar surface area (TPSA) is 86.8 Å². The minimum absolute atomic E-state index is 0.00982. The van der Waals surface area contributed by atoms with Gasteiger partial charge in [-0.15, -0.1) is 0 Å². The van der Waals surface area contributed by atoms with Crippen LogP contribution >= 0.6 is 23.2 Å². The van der Waals surface area contributed by atoms with E-state index in [0.717, 1.165) is 9.87 Å². The third-order valence-electron chi connectivity index (χ3n) is 6.10. The van der Waals surface area contributed by atoms with E-state index in [1.54, 1.807) is 55.5 Å². The molecule has 3 aromatic carbocycles. The lowest BCUT2D eigenvalue weighted by Gasteiger charge is -2.32. The minimum atomic E-state index is -4.15. The molecule has 0 aliphatic heterocycles. The van der Waals surface area contributed by atoms with Gasteiger partial charge in [0, 0.05) is 23.1 Å². The Morgan fingerprint density at radius 1 is 0.897 bits per heavy atom. The molecular weight excluding hydrogens is 557 g/mol. The maximum absolute atomic E-state index is 13.9. The van der Waals surface area contributed by atoms with Gasteiger partial charge in [0.25, 0.3) is 10.0 Å². The smallest absolute Gasteiger partial charge is 0.264 e. The Hall–Kier alpha value is -3.07. The predicted octanol–water partition coefficient (Wildman–Crippen LogP) is 5.69. The molecule has 0 radical (unpaired) electrons. The summed E-state index contributed by atoms with van der Waals surface area (Å²) < 4.78 is 28.6. The number of hydrogen-bond acceptors (Lipinski definition) is 4. The van der Waals surface area contributed by atoms with Crippen molar-refractivity contribution in [1.82, 2.24) is 10.2 Å². The molecule has 1 atom stereocenters. The number of benzene rings is 3. The van der Waals surface area contributed by atoms with Crippen LogP contribution < -0.4 is 9.62 Å². The summed E-state index contributed by atoms with van der Waals surface area (Å²) in [4.78, 5) is 28.3.